The van der Waals surface area contributed by atoms with E-state index >= 15 is 0 Å². The summed E-state index contributed by atoms with van der Waals surface area (Å²) in [5.74, 6) is 0.0153. The van der Waals surface area contributed by atoms with Crippen LogP contribution in [0.4, 0.5) is 5.69 Å². The third-order valence-electron chi connectivity index (χ3n) is 5.83. The minimum atomic E-state index is -3.11. The Labute approximate surface area is 168 Å². The zero-order valence-electron chi connectivity index (χ0n) is 16.3. The van der Waals surface area contributed by atoms with Gasteiger partial charge < -0.3 is 4.90 Å². The second kappa shape index (κ2) is 9.53. The maximum Gasteiger partial charge on any atom is 0.241 e. The molecule has 7 heteroatoms. The molecule has 1 atom stereocenters. The van der Waals surface area contributed by atoms with E-state index in [0.717, 1.165) is 31.4 Å². The third-order valence-corrected chi connectivity index (χ3v) is 7.58. The van der Waals surface area contributed by atoms with Crippen LogP contribution in [0.2, 0.25) is 0 Å². The van der Waals surface area contributed by atoms with E-state index in [1.54, 1.807) is 4.90 Å². The first-order chi connectivity index (χ1) is 13.5. The highest BCUT2D eigenvalue weighted by Gasteiger charge is 2.36. The number of para-hydroxylation sites is 1. The highest BCUT2D eigenvalue weighted by Crippen LogP contribution is 2.26. The quantitative estimate of drug-likeness (QED) is 0.539. The molecule has 1 aliphatic heterocycles. The van der Waals surface area contributed by atoms with E-state index in [1.165, 1.54) is 12.8 Å². The van der Waals surface area contributed by atoms with Gasteiger partial charge in [0.25, 0.3) is 0 Å². The van der Waals surface area contributed by atoms with E-state index in [4.69, 9.17) is 0 Å². The zero-order valence-corrected chi connectivity index (χ0v) is 17.1. The van der Waals surface area contributed by atoms with E-state index in [1.807, 2.05) is 35.2 Å². The molecule has 1 saturated carbocycles. The minimum absolute atomic E-state index is 0.00924. The molecule has 1 aromatic rings. The molecule has 0 unspecified atom stereocenters. The number of rotatable bonds is 6. The van der Waals surface area contributed by atoms with E-state index in [9.17, 15) is 18.5 Å². The number of hydrogen-bond acceptors (Lipinski definition) is 5. The molecule has 1 amide bonds. The van der Waals surface area contributed by atoms with Crippen molar-refractivity contribution < 1.29 is 13.2 Å². The Morgan fingerprint density at radius 1 is 1.04 bits per heavy atom. The summed E-state index contributed by atoms with van der Waals surface area (Å²) >= 11 is 0. The number of amides is 1. The van der Waals surface area contributed by atoms with Crippen molar-refractivity contribution in [3.05, 3.63) is 30.3 Å². The first kappa shape index (κ1) is 20.8. The lowest BCUT2D eigenvalue weighted by atomic mass is 10.1. The molecule has 6 nitrogen and oxygen atoms in total. The van der Waals surface area contributed by atoms with Gasteiger partial charge in [0.05, 0.1) is 36.7 Å². The lowest BCUT2D eigenvalue weighted by Crippen LogP contribution is -2.49. The molecule has 0 bridgehead atoms. The highest BCUT2D eigenvalue weighted by atomic mass is 32.2. The standard InChI is InChI=1S/C21H29N3O3S/c22-13-14-23(18-8-4-1-2-5-9-18)16-21(25)24(19-10-6-3-7-11-19)20-12-15-28(26,27)17-20/h3,6-7,10-11,18,20H,1-2,4-5,8-9,12,14-17H2/t20-/m0/s1. The molecule has 1 heterocycles. The maximum atomic E-state index is 13.3. The van der Waals surface area contributed by atoms with Gasteiger partial charge in [-0.1, -0.05) is 43.9 Å². The Balaban J connectivity index is 1.80. The molecule has 152 valence electrons. The lowest BCUT2D eigenvalue weighted by Gasteiger charge is -2.33. The molecule has 0 aromatic heterocycles. The van der Waals surface area contributed by atoms with Gasteiger partial charge in [-0.3, -0.25) is 9.69 Å². The number of carbonyl (C=O) groups excluding carboxylic acids is 1. The molecule has 1 aliphatic carbocycles. The Kier molecular flexibility index (Phi) is 7.08. The van der Waals surface area contributed by atoms with Gasteiger partial charge in [0.2, 0.25) is 5.91 Å². The molecule has 2 aliphatic rings. The van der Waals surface area contributed by atoms with Gasteiger partial charge in [-0.2, -0.15) is 5.26 Å². The van der Waals surface area contributed by atoms with Crippen molar-refractivity contribution in [1.29, 1.82) is 5.26 Å². The van der Waals surface area contributed by atoms with Gasteiger partial charge >= 0.3 is 0 Å². The van der Waals surface area contributed by atoms with Crippen LogP contribution in [0.5, 0.6) is 0 Å². The van der Waals surface area contributed by atoms with Gasteiger partial charge in [0.1, 0.15) is 0 Å². The van der Waals surface area contributed by atoms with Gasteiger partial charge in [0, 0.05) is 11.7 Å². The van der Waals surface area contributed by atoms with E-state index in [2.05, 4.69) is 6.07 Å². The SMILES string of the molecule is N#CCN(CC(=O)N(c1ccccc1)[C@H]1CCS(=O)(=O)C1)C1CCCCCC1. The van der Waals surface area contributed by atoms with Crippen LogP contribution < -0.4 is 4.90 Å². The summed E-state index contributed by atoms with van der Waals surface area (Å²) in [5.41, 5.74) is 0.729. The summed E-state index contributed by atoms with van der Waals surface area (Å²) in [6.45, 7) is 0.381. The van der Waals surface area contributed by atoms with Crippen molar-refractivity contribution in [1.82, 2.24) is 4.90 Å². The summed E-state index contributed by atoms with van der Waals surface area (Å²) < 4.78 is 24.0. The molecular weight excluding hydrogens is 374 g/mol. The van der Waals surface area contributed by atoms with Crippen molar-refractivity contribution in [2.24, 2.45) is 0 Å². The molecule has 3 rings (SSSR count). The van der Waals surface area contributed by atoms with Crippen LogP contribution in [-0.4, -0.2) is 55.9 Å². The third kappa shape index (κ3) is 5.33. The summed E-state index contributed by atoms with van der Waals surface area (Å²) in [4.78, 5) is 17.0. The topological polar surface area (TPSA) is 81.5 Å². The van der Waals surface area contributed by atoms with Crippen LogP contribution in [0.1, 0.15) is 44.9 Å². The summed E-state index contributed by atoms with van der Waals surface area (Å²) in [6.07, 6.45) is 7.16. The highest BCUT2D eigenvalue weighted by molar-refractivity contribution is 7.91. The lowest BCUT2D eigenvalue weighted by molar-refractivity contribution is -0.120. The normalized spacial score (nSPS) is 22.5. The molecule has 1 saturated heterocycles. The van der Waals surface area contributed by atoms with Crippen molar-refractivity contribution in [3.63, 3.8) is 0 Å². The van der Waals surface area contributed by atoms with Crippen LogP contribution in [0, 0.1) is 11.3 Å². The van der Waals surface area contributed by atoms with Gasteiger partial charge in [0.15, 0.2) is 9.84 Å². The average Bonchev–Trinajstić information content (AvgIpc) is 2.87. The van der Waals surface area contributed by atoms with Crippen molar-refractivity contribution in [2.75, 3.05) is 29.5 Å². The predicted molar refractivity (Wildman–Crippen MR) is 110 cm³/mol. The van der Waals surface area contributed by atoms with E-state index in [0.29, 0.717) is 6.42 Å². The average molecular weight is 404 g/mol. The van der Waals surface area contributed by atoms with Gasteiger partial charge in [-0.15, -0.1) is 0 Å². The van der Waals surface area contributed by atoms with Crippen LogP contribution in [-0.2, 0) is 14.6 Å². The summed E-state index contributed by atoms with van der Waals surface area (Å²) in [5, 5.41) is 9.29. The van der Waals surface area contributed by atoms with Crippen molar-refractivity contribution in [3.8, 4) is 6.07 Å². The Bertz CT molecular complexity index is 796. The first-order valence-corrected chi connectivity index (χ1v) is 12.0. The number of anilines is 1. The molecular formula is C21H29N3O3S. The van der Waals surface area contributed by atoms with Crippen molar-refractivity contribution in [2.45, 2.75) is 57.0 Å². The molecule has 0 radical (unpaired) electrons. The molecule has 0 spiro atoms. The molecule has 1 aromatic carbocycles. The molecule has 0 N–H and O–H groups in total. The summed E-state index contributed by atoms with van der Waals surface area (Å²) in [6, 6.07) is 11.4. The summed E-state index contributed by atoms with van der Waals surface area (Å²) in [7, 11) is -3.11. The number of nitriles is 1. The van der Waals surface area contributed by atoms with Crippen LogP contribution >= 0.6 is 0 Å². The Hall–Kier alpha value is -1.91. The molecule has 2 fully saturated rings. The molecule has 28 heavy (non-hydrogen) atoms. The number of hydrogen-bond donors (Lipinski definition) is 0. The minimum Gasteiger partial charge on any atom is -0.307 e. The van der Waals surface area contributed by atoms with Crippen LogP contribution in [0.25, 0.3) is 0 Å². The fourth-order valence-corrected chi connectivity index (χ4v) is 6.10. The number of sulfone groups is 1. The predicted octanol–water partition coefficient (Wildman–Crippen LogP) is 2.76. The monoisotopic (exact) mass is 403 g/mol. The van der Waals surface area contributed by atoms with Crippen molar-refractivity contribution >= 4 is 21.4 Å². The second-order valence-corrected chi connectivity index (χ2v) is 10.1. The van der Waals surface area contributed by atoms with Gasteiger partial charge in [-0.05, 0) is 31.4 Å². The van der Waals surface area contributed by atoms with Crippen LogP contribution in [0.3, 0.4) is 0 Å². The Morgan fingerprint density at radius 3 is 2.29 bits per heavy atom. The fourth-order valence-electron chi connectivity index (χ4n) is 4.40. The van der Waals surface area contributed by atoms with Crippen LogP contribution in [0.15, 0.2) is 30.3 Å². The maximum absolute atomic E-state index is 13.3. The number of benzene rings is 1. The smallest absolute Gasteiger partial charge is 0.241 e. The number of carbonyl (C=O) groups is 1. The van der Waals surface area contributed by atoms with E-state index < -0.39 is 9.84 Å². The largest absolute Gasteiger partial charge is 0.307 e. The Morgan fingerprint density at radius 2 is 1.71 bits per heavy atom. The van der Waals surface area contributed by atoms with Gasteiger partial charge in [-0.25, -0.2) is 8.42 Å². The first-order valence-electron chi connectivity index (χ1n) is 10.2. The van der Waals surface area contributed by atoms with E-state index in [-0.39, 0.29) is 42.6 Å². The second-order valence-electron chi connectivity index (χ2n) is 7.86. The number of nitrogens with zero attached hydrogens (tertiary/aromatic N) is 3. The fraction of sp³-hybridized carbons (Fsp3) is 0.619. The zero-order chi connectivity index (χ0) is 20.0.